The van der Waals surface area contributed by atoms with Crippen molar-refractivity contribution in [1.29, 1.82) is 0 Å². The van der Waals surface area contributed by atoms with Crippen molar-refractivity contribution in [2.75, 3.05) is 13.1 Å². The summed E-state index contributed by atoms with van der Waals surface area (Å²) in [4.78, 5) is 13.2. The molecule has 6 heteroatoms. The van der Waals surface area contributed by atoms with E-state index in [0.717, 1.165) is 11.1 Å². The van der Waals surface area contributed by atoms with E-state index in [9.17, 15) is 18.0 Å². The van der Waals surface area contributed by atoms with Gasteiger partial charge in [0, 0.05) is 19.6 Å². The van der Waals surface area contributed by atoms with Crippen LogP contribution in [0.3, 0.4) is 0 Å². The molecule has 0 aromatic heterocycles. The van der Waals surface area contributed by atoms with Crippen molar-refractivity contribution in [3.05, 3.63) is 35.4 Å². The number of benzene rings is 1. The number of rotatable bonds is 2. The summed E-state index contributed by atoms with van der Waals surface area (Å²) in [6.07, 6.45) is -3.73. The zero-order valence-electron chi connectivity index (χ0n) is 11.9. The highest BCUT2D eigenvalue weighted by molar-refractivity contribution is 5.74. The Kier molecular flexibility index (Phi) is 4.75. The monoisotopic (exact) mass is 300 g/mol. The second-order valence-electron chi connectivity index (χ2n) is 5.47. The van der Waals surface area contributed by atoms with E-state index in [0.29, 0.717) is 19.5 Å². The Hall–Kier alpha value is -1.72. The van der Waals surface area contributed by atoms with Gasteiger partial charge >= 0.3 is 12.2 Å². The molecule has 0 aliphatic carbocycles. The maximum Gasteiger partial charge on any atom is 0.393 e. The van der Waals surface area contributed by atoms with Gasteiger partial charge in [-0.1, -0.05) is 29.8 Å². The Labute approximate surface area is 122 Å². The van der Waals surface area contributed by atoms with Crippen LogP contribution in [0.25, 0.3) is 0 Å². The van der Waals surface area contributed by atoms with Crippen molar-refractivity contribution < 1.29 is 18.0 Å². The van der Waals surface area contributed by atoms with Gasteiger partial charge < -0.3 is 10.2 Å². The minimum absolute atomic E-state index is 0.102. The quantitative estimate of drug-likeness (QED) is 0.891. The number of likely N-dealkylation sites (tertiary alicyclic amines) is 1. The molecule has 0 radical (unpaired) electrons. The van der Waals surface area contributed by atoms with Crippen molar-refractivity contribution in [2.24, 2.45) is 5.92 Å². The van der Waals surface area contributed by atoms with Gasteiger partial charge in [-0.2, -0.15) is 13.2 Å². The van der Waals surface area contributed by atoms with Gasteiger partial charge in [0.05, 0.1) is 5.92 Å². The SMILES string of the molecule is Cc1ccc(CNC(=O)N2CCC[C@H](C(F)(F)F)C2)cc1. The molecule has 0 bridgehead atoms. The predicted molar refractivity (Wildman–Crippen MR) is 73.8 cm³/mol. The minimum atomic E-state index is -4.23. The molecule has 1 aliphatic rings. The fourth-order valence-electron chi connectivity index (χ4n) is 2.42. The molecular formula is C15H19F3N2O. The van der Waals surface area contributed by atoms with Crippen LogP contribution in [0.2, 0.25) is 0 Å². The normalized spacial score (nSPS) is 19.4. The molecule has 1 fully saturated rings. The molecule has 1 aromatic carbocycles. The lowest BCUT2D eigenvalue weighted by atomic mass is 9.98. The van der Waals surface area contributed by atoms with E-state index < -0.39 is 18.1 Å². The van der Waals surface area contributed by atoms with E-state index in [4.69, 9.17) is 0 Å². The Bertz CT molecular complexity index is 485. The van der Waals surface area contributed by atoms with Crippen LogP contribution in [0.5, 0.6) is 0 Å². The zero-order valence-corrected chi connectivity index (χ0v) is 11.9. The number of hydrogen-bond donors (Lipinski definition) is 1. The number of alkyl halides is 3. The molecule has 1 saturated heterocycles. The molecule has 1 heterocycles. The van der Waals surface area contributed by atoms with Crippen LogP contribution >= 0.6 is 0 Å². The second-order valence-corrected chi connectivity index (χ2v) is 5.47. The third-order valence-corrected chi connectivity index (χ3v) is 3.74. The van der Waals surface area contributed by atoms with Gasteiger partial charge in [0.25, 0.3) is 0 Å². The van der Waals surface area contributed by atoms with Gasteiger partial charge in [-0.3, -0.25) is 0 Å². The van der Waals surface area contributed by atoms with E-state index in [1.54, 1.807) is 0 Å². The Balaban J connectivity index is 1.86. The molecule has 116 valence electrons. The highest BCUT2D eigenvalue weighted by Crippen LogP contribution is 2.33. The first-order valence-electron chi connectivity index (χ1n) is 7.01. The maximum atomic E-state index is 12.7. The number of hydrogen-bond acceptors (Lipinski definition) is 1. The summed E-state index contributed by atoms with van der Waals surface area (Å²) < 4.78 is 38.1. The first-order chi connectivity index (χ1) is 9.86. The Morgan fingerprint density at radius 3 is 2.62 bits per heavy atom. The Morgan fingerprint density at radius 2 is 2.00 bits per heavy atom. The number of urea groups is 1. The van der Waals surface area contributed by atoms with Crippen LogP contribution in [-0.4, -0.2) is 30.2 Å². The largest absolute Gasteiger partial charge is 0.393 e. The highest BCUT2D eigenvalue weighted by Gasteiger charge is 2.42. The number of carbonyl (C=O) groups excluding carboxylic acids is 1. The standard InChI is InChI=1S/C15H19F3N2O/c1-11-4-6-12(7-5-11)9-19-14(21)20-8-2-3-13(10-20)15(16,17)18/h4-7,13H,2-3,8-10H2,1H3,(H,19,21)/t13-/m0/s1. The summed E-state index contributed by atoms with van der Waals surface area (Å²) >= 11 is 0. The topological polar surface area (TPSA) is 32.3 Å². The first-order valence-corrected chi connectivity index (χ1v) is 7.01. The lowest BCUT2D eigenvalue weighted by Gasteiger charge is -2.33. The van der Waals surface area contributed by atoms with Crippen LogP contribution in [0, 0.1) is 12.8 Å². The number of nitrogens with zero attached hydrogens (tertiary/aromatic N) is 1. The lowest BCUT2D eigenvalue weighted by molar-refractivity contribution is -0.184. The van der Waals surface area contributed by atoms with Crippen molar-refractivity contribution in [3.8, 4) is 0 Å². The number of halogens is 3. The highest BCUT2D eigenvalue weighted by atomic mass is 19.4. The predicted octanol–water partition coefficient (Wildman–Crippen LogP) is 3.48. The molecule has 1 aliphatic heterocycles. The van der Waals surface area contributed by atoms with E-state index in [-0.39, 0.29) is 13.0 Å². The van der Waals surface area contributed by atoms with Crippen molar-refractivity contribution >= 4 is 6.03 Å². The number of carbonyl (C=O) groups is 1. The van der Waals surface area contributed by atoms with Crippen LogP contribution in [0.1, 0.15) is 24.0 Å². The third-order valence-electron chi connectivity index (χ3n) is 3.74. The summed E-state index contributed by atoms with van der Waals surface area (Å²) in [5, 5.41) is 2.68. The molecule has 2 amide bonds. The molecule has 1 aromatic rings. The molecule has 0 saturated carbocycles. The molecule has 0 spiro atoms. The van der Waals surface area contributed by atoms with Crippen molar-refractivity contribution in [1.82, 2.24) is 10.2 Å². The first kappa shape index (κ1) is 15.7. The van der Waals surface area contributed by atoms with Crippen LogP contribution in [0.15, 0.2) is 24.3 Å². The van der Waals surface area contributed by atoms with E-state index in [1.807, 2.05) is 31.2 Å². The second kappa shape index (κ2) is 6.37. The zero-order chi connectivity index (χ0) is 15.5. The average molecular weight is 300 g/mol. The molecule has 2 rings (SSSR count). The van der Waals surface area contributed by atoms with Gasteiger partial charge in [0.15, 0.2) is 0 Å². The maximum absolute atomic E-state index is 12.7. The number of nitrogens with one attached hydrogen (secondary N) is 1. The summed E-state index contributed by atoms with van der Waals surface area (Å²) in [5.74, 6) is -1.41. The smallest absolute Gasteiger partial charge is 0.334 e. The van der Waals surface area contributed by atoms with Crippen LogP contribution in [-0.2, 0) is 6.54 Å². The van der Waals surface area contributed by atoms with Crippen molar-refractivity contribution in [3.63, 3.8) is 0 Å². The number of piperidine rings is 1. The lowest BCUT2D eigenvalue weighted by Crippen LogP contribution is -2.48. The van der Waals surface area contributed by atoms with Crippen molar-refractivity contribution in [2.45, 2.75) is 32.5 Å². The minimum Gasteiger partial charge on any atom is -0.334 e. The molecule has 0 unspecified atom stereocenters. The van der Waals surface area contributed by atoms with Gasteiger partial charge in [-0.25, -0.2) is 4.79 Å². The molecule has 21 heavy (non-hydrogen) atoms. The summed E-state index contributed by atoms with van der Waals surface area (Å²) in [6, 6.07) is 7.23. The Morgan fingerprint density at radius 1 is 1.33 bits per heavy atom. The van der Waals surface area contributed by atoms with E-state index in [1.165, 1.54) is 4.90 Å². The van der Waals surface area contributed by atoms with E-state index in [2.05, 4.69) is 5.32 Å². The van der Waals surface area contributed by atoms with Crippen LogP contribution in [0.4, 0.5) is 18.0 Å². The molecule has 1 atom stereocenters. The van der Waals surface area contributed by atoms with E-state index >= 15 is 0 Å². The fourth-order valence-corrected chi connectivity index (χ4v) is 2.42. The van der Waals surface area contributed by atoms with Gasteiger partial charge in [-0.05, 0) is 25.3 Å². The molecular weight excluding hydrogens is 281 g/mol. The summed E-state index contributed by atoms with van der Waals surface area (Å²) in [6.45, 7) is 2.43. The van der Waals surface area contributed by atoms with Gasteiger partial charge in [0.1, 0.15) is 0 Å². The summed E-state index contributed by atoms with van der Waals surface area (Å²) in [7, 11) is 0. The number of amides is 2. The molecule has 3 nitrogen and oxygen atoms in total. The third kappa shape index (κ3) is 4.37. The van der Waals surface area contributed by atoms with Gasteiger partial charge in [0.2, 0.25) is 0 Å². The average Bonchev–Trinajstić information content (AvgIpc) is 2.45. The number of aryl methyl sites for hydroxylation is 1. The molecule has 1 N–H and O–H groups in total. The fraction of sp³-hybridized carbons (Fsp3) is 0.533. The summed E-state index contributed by atoms with van der Waals surface area (Å²) in [5.41, 5.74) is 2.05. The van der Waals surface area contributed by atoms with Gasteiger partial charge in [-0.15, -0.1) is 0 Å². The van der Waals surface area contributed by atoms with Crippen LogP contribution < -0.4 is 5.32 Å².